The monoisotopic (exact) mass is 293 g/mol. The van der Waals surface area contributed by atoms with E-state index in [0.29, 0.717) is 5.92 Å². The minimum atomic E-state index is -0.429. The van der Waals surface area contributed by atoms with Crippen LogP contribution in [0.25, 0.3) is 0 Å². The van der Waals surface area contributed by atoms with Crippen molar-refractivity contribution in [3.63, 3.8) is 0 Å². The molecule has 0 aliphatic carbocycles. The molecule has 0 bridgehead atoms. The van der Waals surface area contributed by atoms with Crippen molar-refractivity contribution in [3.05, 3.63) is 17.2 Å². The Labute approximate surface area is 127 Å². The van der Waals surface area contributed by atoms with E-state index in [9.17, 15) is 4.79 Å². The summed E-state index contributed by atoms with van der Waals surface area (Å²) < 4.78 is 7.61. The first kappa shape index (κ1) is 15.9. The lowest BCUT2D eigenvalue weighted by Crippen LogP contribution is -2.41. The molecule has 0 saturated carbocycles. The quantitative estimate of drug-likeness (QED) is 0.799. The third-order valence-corrected chi connectivity index (χ3v) is 4.16. The maximum absolute atomic E-state index is 12.1. The molecule has 1 aromatic rings. The highest BCUT2D eigenvalue weighted by molar-refractivity contribution is 5.68. The van der Waals surface area contributed by atoms with E-state index in [1.165, 1.54) is 5.69 Å². The third-order valence-electron chi connectivity index (χ3n) is 4.16. The van der Waals surface area contributed by atoms with Gasteiger partial charge in [-0.1, -0.05) is 0 Å². The molecular weight excluding hydrogens is 266 g/mol. The standard InChI is InChI=1S/C16H27N3O2/c1-11-12(2)18(6)14(17-11)13-7-9-19(10-8-13)15(20)21-16(3,4)5/h13H,7-10H2,1-6H3. The normalized spacial score (nSPS) is 17.1. The van der Waals surface area contributed by atoms with Crippen molar-refractivity contribution >= 4 is 6.09 Å². The lowest BCUT2D eigenvalue weighted by atomic mass is 9.96. The fraction of sp³-hybridized carbons (Fsp3) is 0.750. The third kappa shape index (κ3) is 3.57. The van der Waals surface area contributed by atoms with E-state index in [2.05, 4.69) is 25.5 Å². The molecule has 0 unspecified atom stereocenters. The van der Waals surface area contributed by atoms with Gasteiger partial charge in [-0.05, 0) is 47.5 Å². The number of hydrogen-bond donors (Lipinski definition) is 0. The summed E-state index contributed by atoms with van der Waals surface area (Å²) in [6.07, 6.45) is 1.69. The zero-order chi connectivity index (χ0) is 15.8. The molecule has 2 heterocycles. The predicted octanol–water partition coefficient (Wildman–Crippen LogP) is 3.15. The Morgan fingerprint density at radius 3 is 2.24 bits per heavy atom. The first-order valence-electron chi connectivity index (χ1n) is 7.67. The summed E-state index contributed by atoms with van der Waals surface area (Å²) in [6.45, 7) is 11.3. The molecule has 1 aromatic heterocycles. The van der Waals surface area contributed by atoms with Gasteiger partial charge in [-0.3, -0.25) is 0 Å². The van der Waals surface area contributed by atoms with Gasteiger partial charge in [-0.25, -0.2) is 9.78 Å². The van der Waals surface area contributed by atoms with Gasteiger partial charge >= 0.3 is 6.09 Å². The number of ether oxygens (including phenoxy) is 1. The zero-order valence-corrected chi connectivity index (χ0v) is 14.1. The number of aromatic nitrogens is 2. The molecular formula is C16H27N3O2. The van der Waals surface area contributed by atoms with Gasteiger partial charge < -0.3 is 14.2 Å². The summed E-state index contributed by atoms with van der Waals surface area (Å²) in [7, 11) is 2.07. The molecule has 1 saturated heterocycles. The van der Waals surface area contributed by atoms with Gasteiger partial charge in [-0.15, -0.1) is 0 Å². The molecule has 0 atom stereocenters. The molecule has 0 N–H and O–H groups in total. The number of nitrogens with zero attached hydrogens (tertiary/aromatic N) is 3. The first-order chi connectivity index (χ1) is 9.69. The second-order valence-corrected chi connectivity index (χ2v) is 6.94. The maximum Gasteiger partial charge on any atom is 0.410 e. The highest BCUT2D eigenvalue weighted by atomic mass is 16.6. The van der Waals surface area contributed by atoms with Crippen LogP contribution < -0.4 is 0 Å². The number of imidazole rings is 1. The van der Waals surface area contributed by atoms with E-state index in [1.54, 1.807) is 0 Å². The molecule has 1 fully saturated rings. The van der Waals surface area contributed by atoms with Gasteiger partial charge in [-0.2, -0.15) is 0 Å². The minimum Gasteiger partial charge on any atom is -0.444 e. The molecule has 0 aromatic carbocycles. The smallest absolute Gasteiger partial charge is 0.410 e. The summed E-state index contributed by atoms with van der Waals surface area (Å²) in [6, 6.07) is 0. The van der Waals surface area contributed by atoms with Crippen LogP contribution in [0.2, 0.25) is 0 Å². The van der Waals surface area contributed by atoms with Gasteiger partial charge in [0.05, 0.1) is 5.69 Å². The average molecular weight is 293 g/mol. The Hall–Kier alpha value is -1.52. The maximum atomic E-state index is 12.1. The number of carbonyl (C=O) groups excluding carboxylic acids is 1. The number of amides is 1. The Kier molecular flexibility index (Phi) is 4.30. The number of rotatable bonds is 1. The van der Waals surface area contributed by atoms with Crippen LogP contribution in [0.3, 0.4) is 0 Å². The number of hydrogen-bond acceptors (Lipinski definition) is 3. The van der Waals surface area contributed by atoms with Crippen molar-refractivity contribution in [2.45, 2.75) is 59.0 Å². The van der Waals surface area contributed by atoms with E-state index in [-0.39, 0.29) is 6.09 Å². The molecule has 1 aliphatic heterocycles. The number of piperidine rings is 1. The van der Waals surface area contributed by atoms with Crippen LogP contribution in [-0.4, -0.2) is 39.2 Å². The van der Waals surface area contributed by atoms with Crippen LogP contribution in [0.4, 0.5) is 4.79 Å². The van der Waals surface area contributed by atoms with E-state index >= 15 is 0 Å². The fourth-order valence-corrected chi connectivity index (χ4v) is 2.75. The molecule has 2 rings (SSSR count). The summed E-state index contributed by atoms with van der Waals surface area (Å²) in [4.78, 5) is 18.6. The second-order valence-electron chi connectivity index (χ2n) is 6.94. The Morgan fingerprint density at radius 1 is 1.24 bits per heavy atom. The van der Waals surface area contributed by atoms with Crippen molar-refractivity contribution in [2.75, 3.05) is 13.1 Å². The van der Waals surface area contributed by atoms with E-state index < -0.39 is 5.60 Å². The Morgan fingerprint density at radius 2 is 1.81 bits per heavy atom. The van der Waals surface area contributed by atoms with Crippen molar-refractivity contribution in [3.8, 4) is 0 Å². The Balaban J connectivity index is 1.97. The van der Waals surface area contributed by atoms with E-state index in [1.807, 2.05) is 25.7 Å². The molecule has 1 amide bonds. The number of carbonyl (C=O) groups is 1. The van der Waals surface area contributed by atoms with Gasteiger partial charge in [0.1, 0.15) is 11.4 Å². The average Bonchev–Trinajstić information content (AvgIpc) is 2.65. The van der Waals surface area contributed by atoms with Crippen LogP contribution in [0.15, 0.2) is 0 Å². The SMILES string of the molecule is Cc1nc(C2CCN(C(=O)OC(C)(C)C)CC2)n(C)c1C. The van der Waals surface area contributed by atoms with Crippen LogP contribution in [0.5, 0.6) is 0 Å². The van der Waals surface area contributed by atoms with Crippen molar-refractivity contribution in [1.82, 2.24) is 14.5 Å². The highest BCUT2D eigenvalue weighted by Gasteiger charge is 2.29. The highest BCUT2D eigenvalue weighted by Crippen LogP contribution is 2.29. The number of likely N-dealkylation sites (tertiary alicyclic amines) is 1. The minimum absolute atomic E-state index is 0.201. The lowest BCUT2D eigenvalue weighted by molar-refractivity contribution is 0.0202. The molecule has 5 heteroatoms. The molecule has 0 radical (unpaired) electrons. The summed E-state index contributed by atoms with van der Waals surface area (Å²) in [5.41, 5.74) is 1.89. The molecule has 5 nitrogen and oxygen atoms in total. The first-order valence-corrected chi connectivity index (χ1v) is 7.67. The fourth-order valence-electron chi connectivity index (χ4n) is 2.75. The van der Waals surface area contributed by atoms with E-state index in [0.717, 1.165) is 37.4 Å². The van der Waals surface area contributed by atoms with Crippen LogP contribution >= 0.6 is 0 Å². The summed E-state index contributed by atoms with van der Waals surface area (Å²) in [5, 5.41) is 0. The topological polar surface area (TPSA) is 47.4 Å². The van der Waals surface area contributed by atoms with Crippen LogP contribution in [0.1, 0.15) is 56.7 Å². The van der Waals surface area contributed by atoms with Crippen molar-refractivity contribution in [1.29, 1.82) is 0 Å². The predicted molar refractivity (Wildman–Crippen MR) is 82.5 cm³/mol. The second kappa shape index (κ2) is 5.70. The molecule has 1 aliphatic rings. The van der Waals surface area contributed by atoms with Crippen LogP contribution in [-0.2, 0) is 11.8 Å². The van der Waals surface area contributed by atoms with Crippen molar-refractivity contribution in [2.24, 2.45) is 7.05 Å². The van der Waals surface area contributed by atoms with Crippen LogP contribution in [0, 0.1) is 13.8 Å². The van der Waals surface area contributed by atoms with Gasteiger partial charge in [0.2, 0.25) is 0 Å². The summed E-state index contributed by atoms with van der Waals surface area (Å²) >= 11 is 0. The van der Waals surface area contributed by atoms with Gasteiger partial charge in [0.15, 0.2) is 0 Å². The van der Waals surface area contributed by atoms with E-state index in [4.69, 9.17) is 9.72 Å². The lowest BCUT2D eigenvalue weighted by Gasteiger charge is -2.33. The van der Waals surface area contributed by atoms with Gasteiger partial charge in [0, 0.05) is 31.7 Å². The summed E-state index contributed by atoms with van der Waals surface area (Å²) in [5.74, 6) is 1.58. The van der Waals surface area contributed by atoms with Crippen molar-refractivity contribution < 1.29 is 9.53 Å². The van der Waals surface area contributed by atoms with Gasteiger partial charge in [0.25, 0.3) is 0 Å². The zero-order valence-electron chi connectivity index (χ0n) is 14.1. The Bertz CT molecular complexity index is 520. The molecule has 21 heavy (non-hydrogen) atoms. The molecule has 0 spiro atoms. The largest absolute Gasteiger partial charge is 0.444 e. The molecule has 118 valence electrons. The number of aryl methyl sites for hydroxylation is 1.